The highest BCUT2D eigenvalue weighted by Gasteiger charge is 2.20. The third-order valence-electron chi connectivity index (χ3n) is 4.96. The molecule has 5 nitrogen and oxygen atoms in total. The molecular weight excluding hydrogens is 412 g/mol. The Bertz CT molecular complexity index is 1190. The van der Waals surface area contributed by atoms with Gasteiger partial charge in [0.15, 0.2) is 0 Å². The van der Waals surface area contributed by atoms with Crippen LogP contribution in [-0.4, -0.2) is 24.9 Å². The summed E-state index contributed by atoms with van der Waals surface area (Å²) in [4.78, 5) is 14.5. The topological polar surface area (TPSA) is 81.8 Å². The van der Waals surface area contributed by atoms with E-state index in [0.717, 1.165) is 61.9 Å². The first kappa shape index (κ1) is 20.6. The molecule has 0 radical (unpaired) electrons. The lowest BCUT2D eigenvalue weighted by Gasteiger charge is -2.09. The van der Waals surface area contributed by atoms with Crippen LogP contribution in [0.5, 0.6) is 0 Å². The van der Waals surface area contributed by atoms with E-state index in [0.29, 0.717) is 11.4 Å². The van der Waals surface area contributed by atoms with Crippen molar-refractivity contribution in [3.05, 3.63) is 54.6 Å². The lowest BCUT2D eigenvalue weighted by molar-refractivity contribution is 0.681. The molecule has 3 heterocycles. The molecule has 1 aromatic carbocycles. The molecule has 7 heteroatoms. The Balaban J connectivity index is 1.92. The Labute approximate surface area is 182 Å². The SMILES string of the molecule is CCCC[S@](=O)c1sc2nc(-c3cnc(CC)nc3)cc(-c3ccccc3)c2c1N. The van der Waals surface area contributed by atoms with Gasteiger partial charge in [0.1, 0.15) is 14.9 Å². The van der Waals surface area contributed by atoms with Gasteiger partial charge in [-0.25, -0.2) is 15.0 Å². The third kappa shape index (κ3) is 4.00. The summed E-state index contributed by atoms with van der Waals surface area (Å²) in [6, 6.07) is 12.1. The second-order valence-corrected chi connectivity index (χ2v) is 9.81. The number of pyridine rings is 1. The smallest absolute Gasteiger partial charge is 0.127 e. The maximum absolute atomic E-state index is 12.9. The fraction of sp³-hybridized carbons (Fsp3) is 0.261. The summed E-state index contributed by atoms with van der Waals surface area (Å²) in [6.45, 7) is 4.13. The number of thiophene rings is 1. The predicted octanol–water partition coefficient (Wildman–Crippen LogP) is 5.47. The lowest BCUT2D eigenvalue weighted by Crippen LogP contribution is -1.99. The van der Waals surface area contributed by atoms with Gasteiger partial charge in [0.25, 0.3) is 0 Å². The maximum atomic E-state index is 12.9. The van der Waals surface area contributed by atoms with E-state index in [-0.39, 0.29) is 0 Å². The summed E-state index contributed by atoms with van der Waals surface area (Å²) in [5.41, 5.74) is 10.8. The van der Waals surface area contributed by atoms with Gasteiger partial charge in [0.2, 0.25) is 0 Å². The van der Waals surface area contributed by atoms with Gasteiger partial charge >= 0.3 is 0 Å². The summed E-state index contributed by atoms with van der Waals surface area (Å²) >= 11 is 1.43. The van der Waals surface area contributed by atoms with Gasteiger partial charge in [-0.05, 0) is 23.6 Å². The van der Waals surface area contributed by atoms with Crippen LogP contribution in [0.3, 0.4) is 0 Å². The zero-order chi connectivity index (χ0) is 21.1. The van der Waals surface area contributed by atoms with Crippen LogP contribution in [0.1, 0.15) is 32.5 Å². The Morgan fingerprint density at radius 3 is 2.47 bits per heavy atom. The van der Waals surface area contributed by atoms with E-state index in [1.54, 1.807) is 0 Å². The summed E-state index contributed by atoms with van der Waals surface area (Å²) < 4.78 is 13.6. The molecule has 30 heavy (non-hydrogen) atoms. The van der Waals surface area contributed by atoms with Gasteiger partial charge in [0.05, 0.1) is 22.2 Å². The van der Waals surface area contributed by atoms with E-state index < -0.39 is 10.8 Å². The first-order valence-corrected chi connectivity index (χ1v) is 12.2. The third-order valence-corrected chi connectivity index (χ3v) is 7.95. The molecule has 0 aliphatic heterocycles. The van der Waals surface area contributed by atoms with Gasteiger partial charge in [0, 0.05) is 35.5 Å². The quantitative estimate of drug-likeness (QED) is 0.415. The molecule has 0 unspecified atom stereocenters. The highest BCUT2D eigenvalue weighted by Crippen LogP contribution is 2.42. The molecule has 154 valence electrons. The molecule has 0 amide bonds. The van der Waals surface area contributed by atoms with Crippen LogP contribution >= 0.6 is 11.3 Å². The van der Waals surface area contributed by atoms with Crippen LogP contribution in [-0.2, 0) is 17.2 Å². The number of nitrogens with zero attached hydrogens (tertiary/aromatic N) is 3. The predicted molar refractivity (Wildman–Crippen MR) is 126 cm³/mol. The van der Waals surface area contributed by atoms with Crippen LogP contribution in [0.2, 0.25) is 0 Å². The Kier molecular flexibility index (Phi) is 6.20. The average molecular weight is 437 g/mol. The van der Waals surface area contributed by atoms with Crippen LogP contribution in [0.4, 0.5) is 5.69 Å². The van der Waals surface area contributed by atoms with Crippen molar-refractivity contribution in [2.75, 3.05) is 11.5 Å². The molecule has 0 saturated heterocycles. The van der Waals surface area contributed by atoms with Gasteiger partial charge < -0.3 is 5.73 Å². The zero-order valence-electron chi connectivity index (χ0n) is 17.1. The minimum absolute atomic E-state index is 0.583. The minimum atomic E-state index is -1.12. The molecular formula is C23H24N4OS2. The Hall–Kier alpha value is -2.64. The molecule has 4 rings (SSSR count). The first-order valence-electron chi connectivity index (χ1n) is 10.1. The number of anilines is 1. The maximum Gasteiger partial charge on any atom is 0.127 e. The van der Waals surface area contributed by atoms with Gasteiger partial charge in [-0.15, -0.1) is 11.3 Å². The standard InChI is InChI=1S/C23H24N4OS2/c1-3-5-11-30(28)23-21(24)20-17(15-9-7-6-8-10-15)12-18(27-22(20)29-23)16-13-25-19(4-2)26-14-16/h6-10,12-14H,3-5,11,24H2,1-2H3/t30-/m0/s1. The van der Waals surface area contributed by atoms with E-state index in [9.17, 15) is 4.21 Å². The van der Waals surface area contributed by atoms with Crippen molar-refractivity contribution in [3.63, 3.8) is 0 Å². The fourth-order valence-electron chi connectivity index (χ4n) is 3.30. The fourth-order valence-corrected chi connectivity index (χ4v) is 6.10. The van der Waals surface area contributed by atoms with Crippen molar-refractivity contribution < 1.29 is 4.21 Å². The molecule has 2 N–H and O–H groups in total. The lowest BCUT2D eigenvalue weighted by atomic mass is 10.0. The normalized spacial score (nSPS) is 12.3. The van der Waals surface area contributed by atoms with Crippen molar-refractivity contribution in [1.29, 1.82) is 0 Å². The monoisotopic (exact) mass is 436 g/mol. The number of aromatic nitrogens is 3. The molecule has 0 aliphatic carbocycles. The molecule has 0 saturated carbocycles. The van der Waals surface area contributed by atoms with Crippen LogP contribution in [0, 0.1) is 0 Å². The number of nitrogens with two attached hydrogens (primary N) is 1. The van der Waals surface area contributed by atoms with E-state index in [4.69, 9.17) is 10.7 Å². The number of hydrogen-bond donors (Lipinski definition) is 1. The summed E-state index contributed by atoms with van der Waals surface area (Å²) in [6.07, 6.45) is 6.32. The summed E-state index contributed by atoms with van der Waals surface area (Å²) in [7, 11) is -1.12. The molecule has 0 aliphatic rings. The van der Waals surface area contributed by atoms with E-state index in [1.807, 2.05) is 43.6 Å². The van der Waals surface area contributed by atoms with Crippen molar-refractivity contribution in [3.8, 4) is 22.4 Å². The number of rotatable bonds is 7. The number of benzene rings is 1. The van der Waals surface area contributed by atoms with Crippen LogP contribution < -0.4 is 5.73 Å². The van der Waals surface area contributed by atoms with Gasteiger partial charge in [-0.1, -0.05) is 50.6 Å². The molecule has 0 bridgehead atoms. The van der Waals surface area contributed by atoms with Crippen molar-refractivity contribution in [2.24, 2.45) is 0 Å². The first-order chi connectivity index (χ1) is 14.6. The van der Waals surface area contributed by atoms with Crippen molar-refractivity contribution in [2.45, 2.75) is 37.3 Å². The molecule has 0 spiro atoms. The molecule has 0 fully saturated rings. The second kappa shape index (κ2) is 9.02. The summed E-state index contributed by atoms with van der Waals surface area (Å²) in [5.74, 6) is 1.42. The van der Waals surface area contributed by atoms with Gasteiger partial charge in [-0.3, -0.25) is 4.21 Å². The Morgan fingerprint density at radius 2 is 1.80 bits per heavy atom. The zero-order valence-corrected chi connectivity index (χ0v) is 18.7. The van der Waals surface area contributed by atoms with Crippen molar-refractivity contribution >= 4 is 38.0 Å². The number of hydrogen-bond acceptors (Lipinski definition) is 6. The highest BCUT2D eigenvalue weighted by molar-refractivity contribution is 7.87. The summed E-state index contributed by atoms with van der Waals surface area (Å²) in [5, 5.41) is 0.876. The highest BCUT2D eigenvalue weighted by atomic mass is 32.2. The van der Waals surface area contributed by atoms with Gasteiger partial charge in [-0.2, -0.15) is 0 Å². The number of fused-ring (bicyclic) bond motifs is 1. The number of aryl methyl sites for hydroxylation is 1. The molecule has 1 atom stereocenters. The average Bonchev–Trinajstić information content (AvgIpc) is 3.14. The minimum Gasteiger partial charge on any atom is -0.396 e. The van der Waals surface area contributed by atoms with E-state index in [1.165, 1.54) is 11.3 Å². The molecule has 4 aromatic rings. The number of unbranched alkanes of at least 4 members (excludes halogenated alkanes) is 1. The van der Waals surface area contributed by atoms with Crippen molar-refractivity contribution in [1.82, 2.24) is 15.0 Å². The number of nitrogen functional groups attached to an aromatic ring is 1. The second-order valence-electron chi connectivity index (χ2n) is 7.05. The Morgan fingerprint density at radius 1 is 1.07 bits per heavy atom. The largest absolute Gasteiger partial charge is 0.396 e. The van der Waals surface area contributed by atoms with E-state index in [2.05, 4.69) is 29.0 Å². The molecule has 3 aromatic heterocycles. The van der Waals surface area contributed by atoms with Crippen LogP contribution in [0.15, 0.2) is 53.0 Å². The van der Waals surface area contributed by atoms with E-state index >= 15 is 0 Å². The van der Waals surface area contributed by atoms with Crippen LogP contribution in [0.25, 0.3) is 32.6 Å².